The van der Waals surface area contributed by atoms with Crippen molar-refractivity contribution in [2.75, 3.05) is 18.1 Å². The Kier molecular flexibility index (Phi) is 7.99. The van der Waals surface area contributed by atoms with Gasteiger partial charge in [-0.3, -0.25) is 4.79 Å². The summed E-state index contributed by atoms with van der Waals surface area (Å²) >= 11 is 1.72. The Balaban J connectivity index is 3.31. The Bertz CT molecular complexity index is 162. The SMILES string of the molecule is CC(CO)CSCCC(=O)NC(C)C. The Labute approximate surface area is 90.7 Å². The molecule has 1 unspecified atom stereocenters. The molecule has 1 atom stereocenters. The lowest BCUT2D eigenvalue weighted by atomic mass is 10.2. The van der Waals surface area contributed by atoms with Gasteiger partial charge in [-0.15, -0.1) is 0 Å². The fourth-order valence-corrected chi connectivity index (χ4v) is 1.90. The molecule has 0 rings (SSSR count). The van der Waals surface area contributed by atoms with Gasteiger partial charge in [0, 0.05) is 24.8 Å². The zero-order valence-corrected chi connectivity index (χ0v) is 10.1. The average molecular weight is 219 g/mol. The molecule has 0 bridgehead atoms. The third-order valence-corrected chi connectivity index (χ3v) is 2.93. The van der Waals surface area contributed by atoms with Crippen molar-refractivity contribution in [2.45, 2.75) is 33.2 Å². The second kappa shape index (κ2) is 8.12. The molecule has 0 aromatic heterocycles. The second-order valence-electron chi connectivity index (χ2n) is 3.83. The first-order valence-corrected chi connectivity index (χ1v) is 6.19. The van der Waals surface area contributed by atoms with Gasteiger partial charge in [0.05, 0.1) is 0 Å². The molecule has 0 saturated heterocycles. The van der Waals surface area contributed by atoms with E-state index in [0.717, 1.165) is 11.5 Å². The Morgan fingerprint density at radius 3 is 2.57 bits per heavy atom. The molecular formula is C10H21NO2S. The van der Waals surface area contributed by atoms with Crippen LogP contribution in [0.1, 0.15) is 27.2 Å². The molecule has 0 aliphatic rings. The molecule has 2 N–H and O–H groups in total. The number of rotatable bonds is 7. The quantitative estimate of drug-likeness (QED) is 0.634. The number of hydrogen-bond donors (Lipinski definition) is 2. The average Bonchev–Trinajstić information content (AvgIpc) is 2.10. The molecule has 0 fully saturated rings. The summed E-state index contributed by atoms with van der Waals surface area (Å²) < 4.78 is 0. The molecule has 0 heterocycles. The van der Waals surface area contributed by atoms with E-state index in [2.05, 4.69) is 5.32 Å². The number of nitrogens with one attached hydrogen (secondary N) is 1. The van der Waals surface area contributed by atoms with Crippen LogP contribution in [0.3, 0.4) is 0 Å². The van der Waals surface area contributed by atoms with Gasteiger partial charge in [0.2, 0.25) is 5.91 Å². The summed E-state index contributed by atoms with van der Waals surface area (Å²) in [6.07, 6.45) is 0.570. The number of carbonyl (C=O) groups is 1. The van der Waals surface area contributed by atoms with Crippen LogP contribution < -0.4 is 5.32 Å². The van der Waals surface area contributed by atoms with E-state index in [-0.39, 0.29) is 18.6 Å². The Hall–Kier alpha value is -0.220. The molecule has 0 aliphatic carbocycles. The van der Waals surface area contributed by atoms with E-state index >= 15 is 0 Å². The van der Waals surface area contributed by atoms with Crippen molar-refractivity contribution in [3.05, 3.63) is 0 Å². The first kappa shape index (κ1) is 13.8. The standard InChI is InChI=1S/C10H21NO2S/c1-8(2)11-10(13)4-5-14-7-9(3)6-12/h8-9,12H,4-7H2,1-3H3,(H,11,13). The lowest BCUT2D eigenvalue weighted by Crippen LogP contribution is -2.30. The minimum atomic E-state index is 0.115. The van der Waals surface area contributed by atoms with Crippen LogP contribution >= 0.6 is 11.8 Å². The van der Waals surface area contributed by atoms with E-state index in [1.54, 1.807) is 11.8 Å². The summed E-state index contributed by atoms with van der Waals surface area (Å²) in [5, 5.41) is 11.6. The zero-order valence-electron chi connectivity index (χ0n) is 9.25. The summed E-state index contributed by atoms with van der Waals surface area (Å²) in [5.74, 6) is 2.20. The number of aliphatic hydroxyl groups excluding tert-OH is 1. The molecular weight excluding hydrogens is 198 g/mol. The second-order valence-corrected chi connectivity index (χ2v) is 4.98. The molecule has 3 nitrogen and oxygen atoms in total. The minimum Gasteiger partial charge on any atom is -0.396 e. The molecule has 1 amide bonds. The van der Waals surface area contributed by atoms with Crippen molar-refractivity contribution in [1.82, 2.24) is 5.32 Å². The lowest BCUT2D eigenvalue weighted by molar-refractivity contribution is -0.121. The summed E-state index contributed by atoms with van der Waals surface area (Å²) in [4.78, 5) is 11.2. The van der Waals surface area contributed by atoms with Gasteiger partial charge in [-0.25, -0.2) is 0 Å². The van der Waals surface area contributed by atoms with Crippen LogP contribution in [0, 0.1) is 5.92 Å². The van der Waals surface area contributed by atoms with E-state index in [9.17, 15) is 4.79 Å². The maximum Gasteiger partial charge on any atom is 0.221 e. The number of hydrogen-bond acceptors (Lipinski definition) is 3. The normalized spacial score (nSPS) is 12.9. The van der Waals surface area contributed by atoms with Crippen LogP contribution in [0.5, 0.6) is 0 Å². The first-order chi connectivity index (χ1) is 6.56. The van der Waals surface area contributed by atoms with E-state index in [1.807, 2.05) is 20.8 Å². The molecule has 0 spiro atoms. The van der Waals surface area contributed by atoms with E-state index in [0.29, 0.717) is 12.3 Å². The maximum atomic E-state index is 11.2. The number of amides is 1. The maximum absolute atomic E-state index is 11.2. The van der Waals surface area contributed by atoms with Gasteiger partial charge in [0.25, 0.3) is 0 Å². The highest BCUT2D eigenvalue weighted by Gasteiger charge is 2.04. The zero-order chi connectivity index (χ0) is 11.0. The molecule has 4 heteroatoms. The highest BCUT2D eigenvalue weighted by Crippen LogP contribution is 2.08. The monoisotopic (exact) mass is 219 g/mol. The smallest absolute Gasteiger partial charge is 0.221 e. The fraction of sp³-hybridized carbons (Fsp3) is 0.900. The summed E-state index contributed by atoms with van der Waals surface area (Å²) in [5.41, 5.74) is 0. The van der Waals surface area contributed by atoms with Crippen molar-refractivity contribution in [2.24, 2.45) is 5.92 Å². The van der Waals surface area contributed by atoms with Gasteiger partial charge in [0.1, 0.15) is 0 Å². The van der Waals surface area contributed by atoms with Gasteiger partial charge >= 0.3 is 0 Å². The van der Waals surface area contributed by atoms with Gasteiger partial charge in [-0.05, 0) is 25.5 Å². The topological polar surface area (TPSA) is 49.3 Å². The van der Waals surface area contributed by atoms with E-state index < -0.39 is 0 Å². The molecule has 0 radical (unpaired) electrons. The predicted octanol–water partition coefficient (Wildman–Crippen LogP) is 1.26. The molecule has 0 aromatic carbocycles. The molecule has 0 aromatic rings. The first-order valence-electron chi connectivity index (χ1n) is 5.04. The van der Waals surface area contributed by atoms with Gasteiger partial charge in [-0.1, -0.05) is 6.92 Å². The van der Waals surface area contributed by atoms with Gasteiger partial charge in [0.15, 0.2) is 0 Å². The van der Waals surface area contributed by atoms with Crippen LogP contribution in [0.15, 0.2) is 0 Å². The highest BCUT2D eigenvalue weighted by molar-refractivity contribution is 7.99. The Morgan fingerprint density at radius 2 is 2.07 bits per heavy atom. The van der Waals surface area contributed by atoms with E-state index in [4.69, 9.17) is 5.11 Å². The van der Waals surface area contributed by atoms with Crippen LogP contribution in [0.2, 0.25) is 0 Å². The lowest BCUT2D eigenvalue weighted by Gasteiger charge is -2.09. The minimum absolute atomic E-state index is 0.115. The van der Waals surface area contributed by atoms with Crippen molar-refractivity contribution >= 4 is 17.7 Å². The van der Waals surface area contributed by atoms with Crippen LogP contribution in [-0.4, -0.2) is 35.2 Å². The van der Waals surface area contributed by atoms with Gasteiger partial charge in [-0.2, -0.15) is 11.8 Å². The number of thioether (sulfide) groups is 1. The number of aliphatic hydroxyl groups is 1. The summed E-state index contributed by atoms with van der Waals surface area (Å²) in [6.45, 7) is 6.14. The Morgan fingerprint density at radius 1 is 1.43 bits per heavy atom. The summed E-state index contributed by atoms with van der Waals surface area (Å²) in [7, 11) is 0. The van der Waals surface area contributed by atoms with Gasteiger partial charge < -0.3 is 10.4 Å². The third kappa shape index (κ3) is 8.38. The predicted molar refractivity (Wildman–Crippen MR) is 61.5 cm³/mol. The summed E-state index contributed by atoms with van der Waals surface area (Å²) in [6, 6.07) is 0.226. The molecule has 0 saturated carbocycles. The van der Waals surface area contributed by atoms with Crippen molar-refractivity contribution < 1.29 is 9.90 Å². The van der Waals surface area contributed by atoms with Crippen LogP contribution in [-0.2, 0) is 4.79 Å². The molecule has 14 heavy (non-hydrogen) atoms. The molecule has 0 aliphatic heterocycles. The third-order valence-electron chi connectivity index (χ3n) is 1.64. The highest BCUT2D eigenvalue weighted by atomic mass is 32.2. The van der Waals surface area contributed by atoms with E-state index in [1.165, 1.54) is 0 Å². The van der Waals surface area contributed by atoms with Crippen LogP contribution in [0.4, 0.5) is 0 Å². The largest absolute Gasteiger partial charge is 0.396 e. The van der Waals surface area contributed by atoms with Crippen molar-refractivity contribution in [3.63, 3.8) is 0 Å². The van der Waals surface area contributed by atoms with Crippen molar-refractivity contribution in [1.29, 1.82) is 0 Å². The fourth-order valence-electron chi connectivity index (χ4n) is 0.896. The molecule has 84 valence electrons. The number of carbonyl (C=O) groups excluding carboxylic acids is 1. The van der Waals surface area contributed by atoms with Crippen LogP contribution in [0.25, 0.3) is 0 Å². The van der Waals surface area contributed by atoms with Crippen molar-refractivity contribution in [3.8, 4) is 0 Å².